The number of piperidine rings is 1. The van der Waals surface area contributed by atoms with Crippen molar-refractivity contribution < 1.29 is 14.6 Å². The molecule has 2 fully saturated rings. The van der Waals surface area contributed by atoms with Gasteiger partial charge in [-0.25, -0.2) is 9.97 Å². The molecule has 0 radical (unpaired) electrons. The summed E-state index contributed by atoms with van der Waals surface area (Å²) in [5.41, 5.74) is 3.18. The first-order chi connectivity index (χ1) is 16.6. The number of pyridine rings is 1. The number of rotatable bonds is 6. The molecule has 0 amide bonds. The normalized spacial score (nSPS) is 21.4. The Morgan fingerprint density at radius 1 is 1.12 bits per heavy atom. The summed E-state index contributed by atoms with van der Waals surface area (Å²) in [5, 5.41) is 18.1. The topological polar surface area (TPSA) is 115 Å². The average molecular weight is 460 g/mol. The van der Waals surface area contributed by atoms with E-state index in [1.54, 1.807) is 12.1 Å². The van der Waals surface area contributed by atoms with Gasteiger partial charge in [0.1, 0.15) is 11.6 Å². The predicted molar refractivity (Wildman–Crippen MR) is 128 cm³/mol. The highest BCUT2D eigenvalue weighted by atomic mass is 16.5. The maximum atomic E-state index is 10.9. The van der Waals surface area contributed by atoms with E-state index < -0.39 is 5.97 Å². The molecule has 1 aromatic carbocycles. The van der Waals surface area contributed by atoms with Gasteiger partial charge in [0, 0.05) is 31.3 Å². The number of H-pyrrole nitrogens is 1. The zero-order valence-corrected chi connectivity index (χ0v) is 19.1. The first-order valence-electron chi connectivity index (χ1n) is 12.1. The van der Waals surface area contributed by atoms with Crippen molar-refractivity contribution in [3.05, 3.63) is 42.1 Å². The van der Waals surface area contributed by atoms with Gasteiger partial charge in [-0.1, -0.05) is 0 Å². The predicted octanol–water partition coefficient (Wildman–Crippen LogP) is 4.52. The number of hydrogen-bond donors (Lipinski definition) is 2. The van der Waals surface area contributed by atoms with E-state index in [1.165, 1.54) is 0 Å². The van der Waals surface area contributed by atoms with Crippen LogP contribution in [0, 0.1) is 17.2 Å². The molecule has 1 saturated heterocycles. The standard InChI is InChI=1S/C26H29N5O3/c27-15-18-3-7-22-23(13-18)30-26(29-22)19-4-8-24(28-16-19)31-11-9-21(10-12-31)34-20-5-1-17(2-6-20)14-25(32)33/h3-4,7-8,13,16-17,20-21H,1-2,5-6,9-12,14H2,(H,29,30)(H,32,33)/t17-,20-. The van der Waals surface area contributed by atoms with Crippen LogP contribution < -0.4 is 4.90 Å². The largest absolute Gasteiger partial charge is 0.481 e. The molecule has 2 N–H and O–H groups in total. The molecule has 0 atom stereocenters. The molecule has 5 rings (SSSR count). The Hall–Kier alpha value is -3.44. The zero-order valence-electron chi connectivity index (χ0n) is 19.1. The molecular formula is C26H29N5O3. The summed E-state index contributed by atoms with van der Waals surface area (Å²) < 4.78 is 6.36. The molecule has 0 unspecified atom stereocenters. The fourth-order valence-electron chi connectivity index (χ4n) is 5.14. The molecule has 176 valence electrons. The maximum absolute atomic E-state index is 10.9. The Morgan fingerprint density at radius 2 is 1.88 bits per heavy atom. The number of aromatic amines is 1. The molecule has 1 saturated carbocycles. The van der Waals surface area contributed by atoms with E-state index in [-0.39, 0.29) is 18.6 Å². The van der Waals surface area contributed by atoms with E-state index in [0.29, 0.717) is 11.5 Å². The number of nitrogens with zero attached hydrogens (tertiary/aromatic N) is 4. The van der Waals surface area contributed by atoms with Crippen molar-refractivity contribution >= 4 is 22.8 Å². The summed E-state index contributed by atoms with van der Waals surface area (Å²) in [6, 6.07) is 11.7. The Kier molecular flexibility index (Phi) is 6.45. The van der Waals surface area contributed by atoms with Crippen LogP contribution in [0.2, 0.25) is 0 Å². The lowest BCUT2D eigenvalue weighted by molar-refractivity contribution is -0.138. The fraction of sp³-hybridized carbons (Fsp3) is 0.462. The van der Waals surface area contributed by atoms with Crippen molar-refractivity contribution in [2.45, 2.75) is 57.2 Å². The van der Waals surface area contributed by atoms with Crippen LogP contribution in [-0.4, -0.2) is 51.3 Å². The molecule has 34 heavy (non-hydrogen) atoms. The number of carboxylic acid groups (broad SMARTS) is 1. The van der Waals surface area contributed by atoms with Gasteiger partial charge in [-0.05, 0) is 74.8 Å². The molecular weight excluding hydrogens is 430 g/mol. The number of anilines is 1. The number of carbonyl (C=O) groups is 1. The van der Waals surface area contributed by atoms with Gasteiger partial charge < -0.3 is 19.7 Å². The Labute approximate surface area is 198 Å². The van der Waals surface area contributed by atoms with Crippen LogP contribution in [0.15, 0.2) is 36.5 Å². The second kappa shape index (κ2) is 9.82. The van der Waals surface area contributed by atoms with Crippen LogP contribution in [0.1, 0.15) is 50.5 Å². The van der Waals surface area contributed by atoms with Crippen LogP contribution in [0.4, 0.5) is 5.82 Å². The minimum absolute atomic E-state index is 0.269. The number of ether oxygens (including phenoxy) is 1. The van der Waals surface area contributed by atoms with Crippen molar-refractivity contribution in [1.29, 1.82) is 5.26 Å². The van der Waals surface area contributed by atoms with E-state index in [4.69, 9.17) is 15.1 Å². The van der Waals surface area contributed by atoms with E-state index in [1.807, 2.05) is 24.4 Å². The molecule has 0 spiro atoms. The fourth-order valence-corrected chi connectivity index (χ4v) is 5.14. The molecule has 8 heteroatoms. The summed E-state index contributed by atoms with van der Waals surface area (Å²) in [7, 11) is 0. The number of aromatic nitrogens is 3. The lowest BCUT2D eigenvalue weighted by Gasteiger charge is -2.36. The number of imidazole rings is 1. The SMILES string of the molecule is N#Cc1ccc2[nH]c(-c3ccc(N4CCC(O[C@H]5CC[C@H](CC(=O)O)CC5)CC4)nc3)nc2c1. The van der Waals surface area contributed by atoms with Gasteiger partial charge in [0.05, 0.1) is 34.9 Å². The first-order valence-corrected chi connectivity index (χ1v) is 12.1. The van der Waals surface area contributed by atoms with E-state index >= 15 is 0 Å². The number of fused-ring (bicyclic) bond motifs is 1. The van der Waals surface area contributed by atoms with Gasteiger partial charge in [-0.15, -0.1) is 0 Å². The minimum Gasteiger partial charge on any atom is -0.481 e. The van der Waals surface area contributed by atoms with E-state index in [0.717, 1.165) is 79.9 Å². The van der Waals surface area contributed by atoms with Crippen molar-refractivity contribution in [3.8, 4) is 17.5 Å². The number of aliphatic carboxylic acids is 1. The monoisotopic (exact) mass is 459 g/mol. The summed E-state index contributed by atoms with van der Waals surface area (Å²) in [4.78, 5) is 25.8. The second-order valence-corrected chi connectivity index (χ2v) is 9.40. The molecule has 8 nitrogen and oxygen atoms in total. The number of nitriles is 1. The van der Waals surface area contributed by atoms with Crippen molar-refractivity contribution in [2.75, 3.05) is 18.0 Å². The van der Waals surface area contributed by atoms with Crippen molar-refractivity contribution in [2.24, 2.45) is 5.92 Å². The summed E-state index contributed by atoms with van der Waals surface area (Å²) >= 11 is 0. The van der Waals surface area contributed by atoms with Crippen LogP contribution in [0.5, 0.6) is 0 Å². The average Bonchev–Trinajstić information content (AvgIpc) is 3.29. The Balaban J connectivity index is 1.13. The van der Waals surface area contributed by atoms with E-state index in [9.17, 15) is 4.79 Å². The number of hydrogen-bond acceptors (Lipinski definition) is 6. The third-order valence-electron chi connectivity index (χ3n) is 7.04. The molecule has 0 bridgehead atoms. The molecule has 1 aliphatic carbocycles. The van der Waals surface area contributed by atoms with Gasteiger partial charge in [-0.2, -0.15) is 5.26 Å². The number of benzene rings is 1. The quantitative estimate of drug-likeness (QED) is 0.557. The highest BCUT2D eigenvalue weighted by Crippen LogP contribution is 2.31. The van der Waals surface area contributed by atoms with Crippen LogP contribution in [0.3, 0.4) is 0 Å². The maximum Gasteiger partial charge on any atom is 0.303 e. The minimum atomic E-state index is -0.690. The van der Waals surface area contributed by atoms with Crippen molar-refractivity contribution in [3.63, 3.8) is 0 Å². The Bertz CT molecular complexity index is 1180. The molecule has 2 aromatic heterocycles. The molecule has 3 aromatic rings. The number of nitrogens with one attached hydrogen (secondary N) is 1. The second-order valence-electron chi connectivity index (χ2n) is 9.40. The van der Waals surface area contributed by atoms with E-state index in [2.05, 4.69) is 25.9 Å². The lowest BCUT2D eigenvalue weighted by Crippen LogP contribution is -2.39. The molecule has 2 aliphatic rings. The highest BCUT2D eigenvalue weighted by Gasteiger charge is 2.28. The van der Waals surface area contributed by atoms with Crippen LogP contribution >= 0.6 is 0 Å². The van der Waals surface area contributed by atoms with Crippen LogP contribution in [-0.2, 0) is 9.53 Å². The third kappa shape index (κ3) is 5.05. The molecule has 3 heterocycles. The summed E-state index contributed by atoms with van der Waals surface area (Å²) in [6.45, 7) is 1.82. The molecule has 1 aliphatic heterocycles. The lowest BCUT2D eigenvalue weighted by atomic mass is 9.85. The summed E-state index contributed by atoms with van der Waals surface area (Å²) in [5.74, 6) is 1.32. The van der Waals surface area contributed by atoms with Crippen LogP contribution in [0.25, 0.3) is 22.4 Å². The zero-order chi connectivity index (χ0) is 23.5. The summed E-state index contributed by atoms with van der Waals surface area (Å²) in [6.07, 6.45) is 8.48. The highest BCUT2D eigenvalue weighted by molar-refractivity contribution is 5.80. The number of carboxylic acids is 1. The van der Waals surface area contributed by atoms with Crippen molar-refractivity contribution in [1.82, 2.24) is 15.0 Å². The smallest absolute Gasteiger partial charge is 0.303 e. The van der Waals surface area contributed by atoms with Gasteiger partial charge in [0.25, 0.3) is 0 Å². The van der Waals surface area contributed by atoms with Gasteiger partial charge in [0.2, 0.25) is 0 Å². The first kappa shape index (κ1) is 22.4. The Morgan fingerprint density at radius 3 is 2.56 bits per heavy atom. The van der Waals surface area contributed by atoms with Gasteiger partial charge in [0.15, 0.2) is 0 Å². The van der Waals surface area contributed by atoms with Gasteiger partial charge >= 0.3 is 5.97 Å². The third-order valence-corrected chi connectivity index (χ3v) is 7.04. The van der Waals surface area contributed by atoms with Gasteiger partial charge in [-0.3, -0.25) is 4.79 Å².